The Balaban J connectivity index is 3.30. The first kappa shape index (κ1) is 12.3. The molecule has 0 aliphatic carbocycles. The summed E-state index contributed by atoms with van der Waals surface area (Å²) in [6.45, 7) is 0. The van der Waals surface area contributed by atoms with Crippen molar-refractivity contribution in [2.75, 3.05) is 0 Å². The largest absolute Gasteiger partial charge is 0.434 e. The van der Waals surface area contributed by atoms with Crippen LogP contribution in [-0.2, 0) is 12.4 Å². The molecule has 0 atom stereocenters. The molecule has 0 aromatic carbocycles. The summed E-state index contributed by atoms with van der Waals surface area (Å²) in [4.78, 5) is 2.52. The number of alkyl halides is 6. The fourth-order valence-electron chi connectivity index (χ4n) is 0.799. The summed E-state index contributed by atoms with van der Waals surface area (Å²) < 4.78 is 72.1. The van der Waals surface area contributed by atoms with Crippen molar-refractivity contribution < 1.29 is 26.3 Å². The lowest BCUT2D eigenvalue weighted by Gasteiger charge is -2.11. The standard InChI is InChI=1S/C7H2BrF6N/c8-3-1-2-4(6(9,10)11)15-5(3)7(12,13)14/h1-2H. The normalized spacial score (nSPS) is 13.0. The van der Waals surface area contributed by atoms with E-state index in [4.69, 9.17) is 0 Å². The molecule has 1 heterocycles. The average molecular weight is 294 g/mol. The zero-order valence-electron chi connectivity index (χ0n) is 6.75. The molecule has 0 N–H and O–H groups in total. The van der Waals surface area contributed by atoms with Gasteiger partial charge >= 0.3 is 12.4 Å². The van der Waals surface area contributed by atoms with Crippen LogP contribution in [0.3, 0.4) is 0 Å². The molecule has 0 unspecified atom stereocenters. The third-order valence-electron chi connectivity index (χ3n) is 1.40. The van der Waals surface area contributed by atoms with Gasteiger partial charge in [0.15, 0.2) is 5.69 Å². The highest BCUT2D eigenvalue weighted by molar-refractivity contribution is 9.10. The van der Waals surface area contributed by atoms with Crippen molar-refractivity contribution in [1.29, 1.82) is 0 Å². The van der Waals surface area contributed by atoms with Gasteiger partial charge in [0.2, 0.25) is 0 Å². The second-order valence-electron chi connectivity index (χ2n) is 2.52. The number of pyridine rings is 1. The van der Waals surface area contributed by atoms with Crippen LogP contribution in [0.1, 0.15) is 11.4 Å². The Labute approximate surface area is 88.2 Å². The van der Waals surface area contributed by atoms with Crippen LogP contribution >= 0.6 is 15.9 Å². The summed E-state index contributed by atoms with van der Waals surface area (Å²) in [7, 11) is 0. The predicted octanol–water partition coefficient (Wildman–Crippen LogP) is 3.88. The Morgan fingerprint density at radius 2 is 1.47 bits per heavy atom. The number of aromatic nitrogens is 1. The number of nitrogens with zero attached hydrogens (tertiary/aromatic N) is 1. The molecule has 15 heavy (non-hydrogen) atoms. The Hall–Kier alpha value is -0.790. The van der Waals surface area contributed by atoms with E-state index >= 15 is 0 Å². The molecule has 84 valence electrons. The first-order valence-corrected chi connectivity index (χ1v) is 4.22. The molecule has 1 rings (SSSR count). The van der Waals surface area contributed by atoms with Crippen molar-refractivity contribution in [2.24, 2.45) is 0 Å². The SMILES string of the molecule is FC(F)(F)c1ccc(Br)c(C(F)(F)F)n1. The lowest BCUT2D eigenvalue weighted by molar-refractivity contribution is -0.150. The molecule has 0 saturated heterocycles. The van der Waals surface area contributed by atoms with E-state index in [0.29, 0.717) is 12.1 Å². The second kappa shape index (κ2) is 3.66. The molecule has 0 spiro atoms. The second-order valence-corrected chi connectivity index (χ2v) is 3.38. The molecule has 0 fully saturated rings. The van der Waals surface area contributed by atoms with Gasteiger partial charge in [-0.05, 0) is 28.1 Å². The molecule has 0 aliphatic rings. The van der Waals surface area contributed by atoms with Gasteiger partial charge < -0.3 is 0 Å². The minimum atomic E-state index is -4.92. The first-order chi connectivity index (χ1) is 6.62. The maximum atomic E-state index is 12.2. The van der Waals surface area contributed by atoms with Crippen molar-refractivity contribution >= 4 is 15.9 Å². The maximum absolute atomic E-state index is 12.2. The van der Waals surface area contributed by atoms with Gasteiger partial charge in [0.05, 0.1) is 0 Å². The molecule has 0 radical (unpaired) electrons. The molecular formula is C7H2BrF6N. The highest BCUT2D eigenvalue weighted by Gasteiger charge is 2.39. The molecule has 8 heteroatoms. The maximum Gasteiger partial charge on any atom is 0.434 e. The van der Waals surface area contributed by atoms with E-state index in [-0.39, 0.29) is 0 Å². The Bertz CT molecular complexity index is 369. The van der Waals surface area contributed by atoms with E-state index < -0.39 is 28.2 Å². The lowest BCUT2D eigenvalue weighted by atomic mass is 10.3. The number of rotatable bonds is 0. The summed E-state index contributed by atoms with van der Waals surface area (Å²) in [5.41, 5.74) is -3.16. The molecule has 1 nitrogen and oxygen atoms in total. The van der Waals surface area contributed by atoms with E-state index in [1.54, 1.807) is 0 Å². The zero-order valence-corrected chi connectivity index (χ0v) is 8.33. The van der Waals surface area contributed by atoms with E-state index in [1.165, 1.54) is 0 Å². The third-order valence-corrected chi connectivity index (χ3v) is 2.04. The molecular weight excluding hydrogens is 292 g/mol. The minimum Gasteiger partial charge on any atom is -0.238 e. The molecule has 0 amide bonds. The molecule has 0 saturated carbocycles. The van der Waals surface area contributed by atoms with E-state index in [9.17, 15) is 26.3 Å². The molecule has 0 bridgehead atoms. The number of hydrogen-bond acceptors (Lipinski definition) is 1. The van der Waals surface area contributed by atoms with Gasteiger partial charge in [-0.25, -0.2) is 4.98 Å². The van der Waals surface area contributed by atoms with Crippen molar-refractivity contribution in [3.63, 3.8) is 0 Å². The molecule has 0 aliphatic heterocycles. The zero-order chi connectivity index (χ0) is 11.9. The predicted molar refractivity (Wildman–Crippen MR) is 41.9 cm³/mol. The Morgan fingerprint density at radius 3 is 1.87 bits per heavy atom. The van der Waals surface area contributed by atoms with Crippen molar-refractivity contribution in [3.8, 4) is 0 Å². The van der Waals surface area contributed by atoms with Crippen LogP contribution in [0, 0.1) is 0 Å². The van der Waals surface area contributed by atoms with E-state index in [0.717, 1.165) is 0 Å². The summed E-state index contributed by atoms with van der Waals surface area (Å²) in [5.74, 6) is 0. The van der Waals surface area contributed by atoms with Gasteiger partial charge in [-0.2, -0.15) is 26.3 Å². The molecule has 1 aromatic heterocycles. The smallest absolute Gasteiger partial charge is 0.238 e. The van der Waals surface area contributed by atoms with Crippen LogP contribution in [0.5, 0.6) is 0 Å². The van der Waals surface area contributed by atoms with Crippen LogP contribution < -0.4 is 0 Å². The number of hydrogen-bond donors (Lipinski definition) is 0. The third kappa shape index (κ3) is 2.83. The van der Waals surface area contributed by atoms with E-state index in [1.807, 2.05) is 0 Å². The Morgan fingerprint density at radius 1 is 0.933 bits per heavy atom. The highest BCUT2D eigenvalue weighted by atomic mass is 79.9. The summed E-state index contributed by atoms with van der Waals surface area (Å²) in [5, 5.41) is 0. The highest BCUT2D eigenvalue weighted by Crippen LogP contribution is 2.36. The van der Waals surface area contributed by atoms with Gasteiger partial charge in [-0.3, -0.25) is 0 Å². The number of halogens is 7. The topological polar surface area (TPSA) is 12.9 Å². The lowest BCUT2D eigenvalue weighted by Crippen LogP contribution is -2.15. The van der Waals surface area contributed by atoms with E-state index in [2.05, 4.69) is 20.9 Å². The van der Waals surface area contributed by atoms with Crippen LogP contribution in [0.15, 0.2) is 16.6 Å². The fourth-order valence-corrected chi connectivity index (χ4v) is 1.24. The van der Waals surface area contributed by atoms with Crippen LogP contribution in [0.4, 0.5) is 26.3 Å². The van der Waals surface area contributed by atoms with Gasteiger partial charge in [0.1, 0.15) is 5.69 Å². The van der Waals surface area contributed by atoms with Gasteiger partial charge in [-0.1, -0.05) is 0 Å². The van der Waals surface area contributed by atoms with Crippen LogP contribution in [0.25, 0.3) is 0 Å². The average Bonchev–Trinajstić information content (AvgIpc) is 2.00. The van der Waals surface area contributed by atoms with Gasteiger partial charge in [0, 0.05) is 4.47 Å². The quantitative estimate of drug-likeness (QED) is 0.662. The summed E-state index contributed by atoms with van der Waals surface area (Å²) in [6.07, 6.45) is -9.80. The summed E-state index contributed by atoms with van der Waals surface area (Å²) in [6, 6.07) is 1.14. The monoisotopic (exact) mass is 293 g/mol. The van der Waals surface area contributed by atoms with Crippen molar-refractivity contribution in [3.05, 3.63) is 28.0 Å². The Kier molecular flexibility index (Phi) is 2.99. The van der Waals surface area contributed by atoms with Crippen LogP contribution in [-0.4, -0.2) is 4.98 Å². The first-order valence-electron chi connectivity index (χ1n) is 3.43. The minimum absolute atomic E-state index is 0.472. The summed E-state index contributed by atoms with van der Waals surface area (Å²) >= 11 is 2.48. The van der Waals surface area contributed by atoms with Gasteiger partial charge in [0.25, 0.3) is 0 Å². The van der Waals surface area contributed by atoms with Gasteiger partial charge in [-0.15, -0.1) is 0 Å². The van der Waals surface area contributed by atoms with Crippen molar-refractivity contribution in [1.82, 2.24) is 4.98 Å². The van der Waals surface area contributed by atoms with Crippen LogP contribution in [0.2, 0.25) is 0 Å². The van der Waals surface area contributed by atoms with Crippen molar-refractivity contribution in [2.45, 2.75) is 12.4 Å². The molecule has 1 aromatic rings. The fraction of sp³-hybridized carbons (Fsp3) is 0.286.